The number of nitrogens with one attached hydrogen (secondary N) is 2. The number of phenols is 1. The largest absolute Gasteiger partial charge is 0.508 e. The Labute approximate surface area is 163 Å². The molecule has 4 rings (SSSR count). The average molecular weight is 368 g/mol. The Bertz CT molecular complexity index is 1120. The first-order valence-electron chi connectivity index (χ1n) is 8.92. The van der Waals surface area contributed by atoms with Crippen LogP contribution in [0.15, 0.2) is 91.1 Å². The number of benzene rings is 3. The molecule has 5 nitrogen and oxygen atoms in total. The van der Waals surface area contributed by atoms with Crippen molar-refractivity contribution in [2.45, 2.75) is 0 Å². The number of nitrogens with two attached hydrogens (primary N) is 1. The van der Waals surface area contributed by atoms with Gasteiger partial charge in [-0.1, -0.05) is 24.3 Å². The number of hydrogen-bond donors (Lipinski definition) is 4. The van der Waals surface area contributed by atoms with Crippen LogP contribution < -0.4 is 16.4 Å². The van der Waals surface area contributed by atoms with Crippen LogP contribution in [0.3, 0.4) is 0 Å². The second kappa shape index (κ2) is 7.72. The van der Waals surface area contributed by atoms with E-state index >= 15 is 0 Å². The molecule has 28 heavy (non-hydrogen) atoms. The van der Waals surface area contributed by atoms with Crippen LogP contribution in [0.1, 0.15) is 5.69 Å². The minimum Gasteiger partial charge on any atom is -0.508 e. The second-order valence-electron chi connectivity index (χ2n) is 6.35. The van der Waals surface area contributed by atoms with Gasteiger partial charge in [-0.2, -0.15) is 0 Å². The van der Waals surface area contributed by atoms with E-state index in [-0.39, 0.29) is 5.75 Å². The number of pyridine rings is 1. The van der Waals surface area contributed by atoms with Gasteiger partial charge in [0.2, 0.25) is 0 Å². The van der Waals surface area contributed by atoms with E-state index in [0.29, 0.717) is 11.4 Å². The van der Waals surface area contributed by atoms with Gasteiger partial charge in [0.1, 0.15) is 5.75 Å². The summed E-state index contributed by atoms with van der Waals surface area (Å²) in [5.74, 6) is 0.221. The van der Waals surface area contributed by atoms with E-state index in [1.54, 1.807) is 30.5 Å². The van der Waals surface area contributed by atoms with Crippen molar-refractivity contribution >= 4 is 33.7 Å². The summed E-state index contributed by atoms with van der Waals surface area (Å²) >= 11 is 0. The predicted molar refractivity (Wildman–Crippen MR) is 115 cm³/mol. The smallest absolute Gasteiger partial charge is 0.115 e. The van der Waals surface area contributed by atoms with Crippen LogP contribution in [-0.4, -0.2) is 10.1 Å². The molecule has 1 aromatic heterocycles. The highest BCUT2D eigenvalue weighted by atomic mass is 16.3. The second-order valence-corrected chi connectivity index (χ2v) is 6.35. The van der Waals surface area contributed by atoms with E-state index in [1.165, 1.54) is 0 Å². The number of rotatable bonds is 5. The van der Waals surface area contributed by atoms with E-state index in [0.717, 1.165) is 28.0 Å². The third kappa shape index (κ3) is 3.88. The van der Waals surface area contributed by atoms with Crippen molar-refractivity contribution in [3.63, 3.8) is 0 Å². The summed E-state index contributed by atoms with van der Waals surface area (Å²) < 4.78 is 0. The normalized spacial score (nSPS) is 11.4. The van der Waals surface area contributed by atoms with E-state index in [1.807, 2.05) is 60.7 Å². The van der Waals surface area contributed by atoms with Crippen LogP contribution in [-0.2, 0) is 0 Å². The van der Waals surface area contributed by atoms with Crippen molar-refractivity contribution in [1.29, 1.82) is 0 Å². The lowest BCUT2D eigenvalue weighted by Crippen LogP contribution is -2.03. The maximum Gasteiger partial charge on any atom is 0.115 e. The maximum absolute atomic E-state index is 9.35. The minimum absolute atomic E-state index is 0.221. The predicted octanol–water partition coefficient (Wildman–Crippen LogP) is 5.05. The molecule has 0 atom stereocenters. The van der Waals surface area contributed by atoms with Crippen LogP contribution >= 0.6 is 0 Å². The molecular weight excluding hydrogens is 348 g/mol. The molecule has 0 saturated heterocycles. The van der Waals surface area contributed by atoms with Gasteiger partial charge in [-0.15, -0.1) is 0 Å². The van der Waals surface area contributed by atoms with Gasteiger partial charge < -0.3 is 21.5 Å². The molecule has 0 spiro atoms. The lowest BCUT2D eigenvalue weighted by atomic mass is 10.1. The Balaban J connectivity index is 1.59. The molecule has 4 aromatic rings. The molecular formula is C23H20N4O. The summed E-state index contributed by atoms with van der Waals surface area (Å²) in [6, 6.07) is 26.7. The molecule has 0 aliphatic heterocycles. The van der Waals surface area contributed by atoms with Crippen LogP contribution in [0.4, 0.5) is 17.1 Å². The Morgan fingerprint density at radius 1 is 0.821 bits per heavy atom. The summed E-state index contributed by atoms with van der Waals surface area (Å²) in [7, 11) is 0. The molecule has 0 radical (unpaired) electrons. The fourth-order valence-corrected chi connectivity index (χ4v) is 2.89. The molecule has 0 bridgehead atoms. The van der Waals surface area contributed by atoms with Gasteiger partial charge >= 0.3 is 0 Å². The van der Waals surface area contributed by atoms with Gasteiger partial charge in [0, 0.05) is 28.6 Å². The van der Waals surface area contributed by atoms with Gasteiger partial charge in [0.05, 0.1) is 16.9 Å². The van der Waals surface area contributed by atoms with Crippen molar-refractivity contribution in [2.24, 2.45) is 5.73 Å². The summed E-state index contributed by atoms with van der Waals surface area (Å²) in [4.78, 5) is 4.69. The first-order valence-corrected chi connectivity index (χ1v) is 8.92. The Morgan fingerprint density at radius 3 is 2.39 bits per heavy atom. The number of hydrogen-bond acceptors (Lipinski definition) is 5. The molecule has 1 heterocycles. The number of anilines is 3. The summed E-state index contributed by atoms with van der Waals surface area (Å²) in [5.41, 5.74) is 11.1. The molecule has 0 aliphatic rings. The number of aromatic nitrogens is 1. The number of nitrogens with zero attached hydrogens (tertiary/aromatic N) is 1. The standard InChI is InChI=1S/C23H20N4O/c24-20(15-25-16-9-11-18(28)12-10-16)23-14-13-19-21(7-4-8-22(19)27-23)26-17-5-2-1-3-6-17/h1-15,25-26,28H,24H2/b20-15-. The zero-order valence-corrected chi connectivity index (χ0v) is 15.1. The Hall–Kier alpha value is -3.99. The van der Waals surface area contributed by atoms with E-state index in [4.69, 9.17) is 10.7 Å². The number of phenolic OH excluding ortho intramolecular Hbond substituents is 1. The van der Waals surface area contributed by atoms with Gasteiger partial charge in [-0.05, 0) is 60.7 Å². The zero-order valence-electron chi connectivity index (χ0n) is 15.1. The quantitative estimate of drug-likeness (QED) is 0.370. The van der Waals surface area contributed by atoms with Gasteiger partial charge in [-0.25, -0.2) is 4.98 Å². The average Bonchev–Trinajstić information content (AvgIpc) is 2.74. The van der Waals surface area contributed by atoms with Crippen molar-refractivity contribution in [3.05, 3.63) is 96.8 Å². The summed E-state index contributed by atoms with van der Waals surface area (Å²) in [5, 5.41) is 16.9. The van der Waals surface area contributed by atoms with E-state index < -0.39 is 0 Å². The first kappa shape index (κ1) is 17.4. The van der Waals surface area contributed by atoms with Gasteiger partial charge in [-0.3, -0.25) is 0 Å². The fraction of sp³-hybridized carbons (Fsp3) is 0. The topological polar surface area (TPSA) is 83.2 Å². The van der Waals surface area contributed by atoms with Crippen molar-refractivity contribution in [2.75, 3.05) is 10.6 Å². The Morgan fingerprint density at radius 2 is 1.61 bits per heavy atom. The molecule has 0 fully saturated rings. The fourth-order valence-electron chi connectivity index (χ4n) is 2.89. The summed E-state index contributed by atoms with van der Waals surface area (Å²) in [6.07, 6.45) is 1.70. The minimum atomic E-state index is 0.221. The lowest BCUT2D eigenvalue weighted by molar-refractivity contribution is 0.475. The van der Waals surface area contributed by atoms with Crippen molar-refractivity contribution < 1.29 is 5.11 Å². The highest BCUT2D eigenvalue weighted by Crippen LogP contribution is 2.26. The Kier molecular flexibility index (Phi) is 4.80. The molecule has 138 valence electrons. The van der Waals surface area contributed by atoms with Gasteiger partial charge in [0.25, 0.3) is 0 Å². The molecule has 0 aliphatic carbocycles. The molecule has 0 amide bonds. The molecule has 5 N–H and O–H groups in total. The van der Waals surface area contributed by atoms with E-state index in [2.05, 4.69) is 10.6 Å². The maximum atomic E-state index is 9.35. The zero-order chi connectivity index (χ0) is 19.3. The SMILES string of the molecule is N/C(=C\Nc1ccc(O)cc1)c1ccc2c(Nc3ccccc3)cccc2n1. The van der Waals surface area contributed by atoms with Crippen LogP contribution in [0, 0.1) is 0 Å². The van der Waals surface area contributed by atoms with E-state index in [9.17, 15) is 5.11 Å². The number of fused-ring (bicyclic) bond motifs is 1. The highest BCUT2D eigenvalue weighted by molar-refractivity contribution is 5.94. The number of para-hydroxylation sites is 1. The molecule has 0 saturated carbocycles. The van der Waals surface area contributed by atoms with Crippen LogP contribution in [0.25, 0.3) is 16.6 Å². The third-order valence-corrected chi connectivity index (χ3v) is 4.34. The highest BCUT2D eigenvalue weighted by Gasteiger charge is 2.05. The van der Waals surface area contributed by atoms with Gasteiger partial charge in [0.15, 0.2) is 0 Å². The van der Waals surface area contributed by atoms with Crippen LogP contribution in [0.2, 0.25) is 0 Å². The molecule has 0 unspecified atom stereocenters. The third-order valence-electron chi connectivity index (χ3n) is 4.34. The molecule has 3 aromatic carbocycles. The monoisotopic (exact) mass is 368 g/mol. The lowest BCUT2D eigenvalue weighted by Gasteiger charge is -2.11. The van der Waals surface area contributed by atoms with Crippen LogP contribution in [0.5, 0.6) is 5.75 Å². The molecule has 5 heteroatoms. The van der Waals surface area contributed by atoms with Crippen molar-refractivity contribution in [1.82, 2.24) is 4.98 Å². The number of aromatic hydroxyl groups is 1. The van der Waals surface area contributed by atoms with Crippen molar-refractivity contribution in [3.8, 4) is 5.75 Å². The summed E-state index contributed by atoms with van der Waals surface area (Å²) in [6.45, 7) is 0. The first-order chi connectivity index (χ1) is 13.7.